The van der Waals surface area contributed by atoms with Crippen molar-refractivity contribution < 1.29 is 4.79 Å². The lowest BCUT2D eigenvalue weighted by molar-refractivity contribution is 0.214. The first-order valence-corrected chi connectivity index (χ1v) is 9.32. The van der Waals surface area contributed by atoms with E-state index >= 15 is 0 Å². The Morgan fingerprint density at radius 2 is 2.23 bits per heavy atom. The van der Waals surface area contributed by atoms with Crippen LogP contribution in [0.4, 0.5) is 4.79 Å². The molecule has 2 N–H and O–H groups in total. The maximum absolute atomic E-state index is 12.6. The monoisotopic (exact) mass is 348 g/mol. The van der Waals surface area contributed by atoms with Gasteiger partial charge in [0, 0.05) is 24.5 Å². The summed E-state index contributed by atoms with van der Waals surface area (Å²) in [6.07, 6.45) is 10.1. The minimum atomic E-state index is -0.130. The molecule has 2 aliphatic rings. The molecule has 2 amide bonds. The van der Waals surface area contributed by atoms with Crippen LogP contribution in [0, 0.1) is 12.3 Å². The first-order valence-electron chi connectivity index (χ1n) is 9.32. The highest BCUT2D eigenvalue weighted by Gasteiger charge is 2.31. The lowest BCUT2D eigenvalue weighted by atomic mass is 9.82. The Balaban J connectivity index is 1.88. The van der Waals surface area contributed by atoms with Gasteiger partial charge in [0.25, 0.3) is 0 Å². The summed E-state index contributed by atoms with van der Waals surface area (Å²) in [4.78, 5) is 14.4. The van der Waals surface area contributed by atoms with Gasteiger partial charge in [0.2, 0.25) is 0 Å². The van der Waals surface area contributed by atoms with E-state index < -0.39 is 0 Å². The van der Waals surface area contributed by atoms with Gasteiger partial charge in [0.05, 0.1) is 5.52 Å². The second-order valence-corrected chi connectivity index (χ2v) is 6.75. The van der Waals surface area contributed by atoms with Gasteiger partial charge < -0.3 is 10.2 Å². The fourth-order valence-electron chi connectivity index (χ4n) is 4.22. The van der Waals surface area contributed by atoms with E-state index in [1.165, 1.54) is 16.5 Å². The molecule has 5 nitrogen and oxygen atoms in total. The summed E-state index contributed by atoms with van der Waals surface area (Å²) in [5.74, 6) is 2.82. The second-order valence-electron chi connectivity index (χ2n) is 6.75. The van der Waals surface area contributed by atoms with E-state index in [1.807, 2.05) is 26.0 Å². The molecule has 1 aliphatic heterocycles. The molecule has 2 heterocycles. The van der Waals surface area contributed by atoms with Crippen LogP contribution in [0.15, 0.2) is 24.3 Å². The number of nitrogens with zero attached hydrogens (tertiary/aromatic N) is 2. The third-order valence-corrected chi connectivity index (χ3v) is 5.48. The second kappa shape index (κ2) is 6.54. The number of rotatable bonds is 3. The summed E-state index contributed by atoms with van der Waals surface area (Å²) in [5.41, 5.74) is 8.47. The normalized spacial score (nSPS) is 18.0. The van der Waals surface area contributed by atoms with E-state index in [0.29, 0.717) is 19.1 Å². The molecule has 1 aromatic heterocycles. The molecule has 2 aromatic rings. The number of hydrogen-bond acceptors (Lipinski definition) is 2. The lowest BCUT2D eigenvalue weighted by Crippen LogP contribution is -2.39. The van der Waals surface area contributed by atoms with Crippen LogP contribution in [-0.4, -0.2) is 41.3 Å². The first kappa shape index (κ1) is 16.7. The molecule has 4 rings (SSSR count). The summed E-state index contributed by atoms with van der Waals surface area (Å²) in [6, 6.07) is 6.40. The van der Waals surface area contributed by atoms with Crippen LogP contribution in [0.25, 0.3) is 16.5 Å². The third-order valence-electron chi connectivity index (χ3n) is 5.48. The highest BCUT2D eigenvalue weighted by atomic mass is 16.2. The van der Waals surface area contributed by atoms with Crippen LogP contribution in [0.3, 0.4) is 0 Å². The van der Waals surface area contributed by atoms with Crippen LogP contribution in [-0.2, 0) is 6.42 Å². The van der Waals surface area contributed by atoms with Crippen LogP contribution in [0.1, 0.15) is 37.1 Å². The van der Waals surface area contributed by atoms with Crippen molar-refractivity contribution in [1.82, 2.24) is 14.9 Å². The smallest absolute Gasteiger partial charge is 0.324 e. The molecule has 0 spiro atoms. The van der Waals surface area contributed by atoms with Gasteiger partial charge in [-0.2, -0.15) is 0 Å². The van der Waals surface area contributed by atoms with Gasteiger partial charge in [0.15, 0.2) is 0 Å². The molecule has 0 fully saturated rings. The minimum Gasteiger partial charge on any atom is -0.324 e. The van der Waals surface area contributed by atoms with Gasteiger partial charge in [-0.3, -0.25) is 0 Å². The predicted molar refractivity (Wildman–Crippen MR) is 106 cm³/mol. The molecular formula is C21H24N4O. The highest BCUT2D eigenvalue weighted by molar-refractivity contribution is 6.01. The Morgan fingerprint density at radius 1 is 1.42 bits per heavy atom. The fraction of sp³-hybridized carbons (Fsp3) is 0.381. The number of amides is 2. The topological polar surface area (TPSA) is 49.3 Å². The number of benzene rings is 1. The Bertz CT molecular complexity index is 943. The molecule has 1 aliphatic carbocycles. The first-order chi connectivity index (χ1) is 12.7. The molecule has 134 valence electrons. The van der Waals surface area contributed by atoms with Crippen molar-refractivity contribution in [2.24, 2.45) is 0 Å². The van der Waals surface area contributed by atoms with E-state index in [2.05, 4.69) is 28.8 Å². The lowest BCUT2D eigenvalue weighted by Gasteiger charge is -2.30. The number of terminal acetylenes is 1. The van der Waals surface area contributed by atoms with E-state index in [9.17, 15) is 4.79 Å². The predicted octanol–water partition coefficient (Wildman–Crippen LogP) is 2.93. The molecule has 26 heavy (non-hydrogen) atoms. The minimum absolute atomic E-state index is 0.130. The molecule has 0 saturated heterocycles. The Morgan fingerprint density at radius 3 is 2.96 bits per heavy atom. The van der Waals surface area contributed by atoms with Crippen molar-refractivity contribution in [1.29, 1.82) is 0 Å². The molecule has 0 radical (unpaired) electrons. The Labute approximate surface area is 154 Å². The molecule has 0 unspecified atom stereocenters. The van der Waals surface area contributed by atoms with E-state index in [-0.39, 0.29) is 6.03 Å². The summed E-state index contributed by atoms with van der Waals surface area (Å²) in [6.45, 7) is 6.25. The quantitative estimate of drug-likeness (QED) is 0.838. The van der Waals surface area contributed by atoms with Crippen LogP contribution < -0.4 is 10.7 Å². The number of carbonyl (C=O) groups is 1. The molecule has 5 heteroatoms. The van der Waals surface area contributed by atoms with Crippen LogP contribution in [0.5, 0.6) is 0 Å². The number of aromatic nitrogens is 1. The zero-order chi connectivity index (χ0) is 18.3. The van der Waals surface area contributed by atoms with Crippen LogP contribution in [0.2, 0.25) is 0 Å². The fourth-order valence-corrected chi connectivity index (χ4v) is 4.22. The number of nitrogens with one attached hydrogen (secondary N) is 2. The molecule has 0 saturated carbocycles. The number of urea groups is 1. The maximum Gasteiger partial charge on any atom is 0.336 e. The van der Waals surface area contributed by atoms with Gasteiger partial charge in [0.1, 0.15) is 5.69 Å². The van der Waals surface area contributed by atoms with Crippen molar-refractivity contribution in [2.45, 2.75) is 32.7 Å². The number of carbonyl (C=O) groups excluding carboxylic acids is 1. The number of fused-ring (bicyclic) bond motifs is 2. The van der Waals surface area contributed by atoms with E-state index in [1.54, 1.807) is 9.58 Å². The van der Waals surface area contributed by atoms with E-state index in [4.69, 9.17) is 6.42 Å². The molecular weight excluding hydrogens is 324 g/mol. The molecule has 1 atom stereocenters. The van der Waals surface area contributed by atoms with Gasteiger partial charge in [-0.05, 0) is 61.9 Å². The van der Waals surface area contributed by atoms with Crippen molar-refractivity contribution >= 4 is 22.5 Å². The van der Waals surface area contributed by atoms with Crippen molar-refractivity contribution in [3.8, 4) is 12.3 Å². The summed E-state index contributed by atoms with van der Waals surface area (Å²) < 4.78 is 1.80. The largest absolute Gasteiger partial charge is 0.336 e. The Kier molecular flexibility index (Phi) is 4.21. The molecule has 1 aromatic carbocycles. The van der Waals surface area contributed by atoms with Gasteiger partial charge >= 0.3 is 6.03 Å². The van der Waals surface area contributed by atoms with E-state index in [0.717, 1.165) is 36.2 Å². The summed E-state index contributed by atoms with van der Waals surface area (Å²) >= 11 is 0. The van der Waals surface area contributed by atoms with Gasteiger partial charge in [-0.1, -0.05) is 18.2 Å². The van der Waals surface area contributed by atoms with Crippen molar-refractivity contribution in [3.05, 3.63) is 41.1 Å². The number of hydrogen-bond donors (Lipinski definition) is 2. The average Bonchev–Trinajstić information content (AvgIpc) is 2.97. The zero-order valence-corrected chi connectivity index (χ0v) is 15.3. The SMILES string of the molecule is C#Cc1c2c3c(cccc3n1NC(=O)N(CC)CC)C1=CCCN[C@@H]1C2. The van der Waals surface area contributed by atoms with Crippen LogP contribution >= 0.6 is 0 Å². The molecule has 0 bridgehead atoms. The van der Waals surface area contributed by atoms with Crippen molar-refractivity contribution in [3.63, 3.8) is 0 Å². The summed E-state index contributed by atoms with van der Waals surface area (Å²) in [5, 5.41) is 4.77. The highest BCUT2D eigenvalue weighted by Crippen LogP contribution is 2.40. The van der Waals surface area contributed by atoms with Gasteiger partial charge in [-0.25, -0.2) is 14.9 Å². The standard InChI is InChI=1S/C21H24N4O/c1-4-18-16-13-17-14(10-8-12-22-17)15-9-7-11-19(20(15)16)25(18)23-21(26)24(5-2)6-3/h1,7,9-11,17,22H,5-6,8,12-13H2,2-3H3,(H,23,26)/t17-/m1/s1. The third kappa shape index (κ3) is 2.41. The maximum atomic E-state index is 12.6. The average molecular weight is 348 g/mol. The summed E-state index contributed by atoms with van der Waals surface area (Å²) in [7, 11) is 0. The van der Waals surface area contributed by atoms with Crippen molar-refractivity contribution in [2.75, 3.05) is 25.1 Å². The van der Waals surface area contributed by atoms with Gasteiger partial charge in [-0.15, -0.1) is 6.42 Å². The zero-order valence-electron chi connectivity index (χ0n) is 15.3. The Hall–Kier alpha value is -2.71.